The van der Waals surface area contributed by atoms with Crippen molar-refractivity contribution < 1.29 is 27.9 Å². The van der Waals surface area contributed by atoms with Crippen molar-refractivity contribution in [2.75, 3.05) is 24.2 Å². The molecule has 3 rings (SSSR count). The molecule has 4 N–H and O–H groups in total. The zero-order chi connectivity index (χ0) is 28.0. The molecule has 0 radical (unpaired) electrons. The number of hydrogen-bond donors (Lipinski definition) is 4. The molecule has 1 amide bonds. The predicted octanol–water partition coefficient (Wildman–Crippen LogP) is 2.82. The molecule has 1 saturated carbocycles. The fraction of sp³-hybridized carbons (Fsp3) is 0.704. The fourth-order valence-electron chi connectivity index (χ4n) is 5.45. The number of carbonyl (C=O) groups excluding carboxylic acids is 2. The van der Waals surface area contributed by atoms with Crippen molar-refractivity contribution in [2.24, 2.45) is 10.8 Å². The van der Waals surface area contributed by atoms with Crippen LogP contribution in [-0.4, -0.2) is 61.1 Å². The summed E-state index contributed by atoms with van der Waals surface area (Å²) in [5, 5.41) is 15.6. The molecule has 1 aliphatic carbocycles. The summed E-state index contributed by atoms with van der Waals surface area (Å²) in [6.45, 7) is 6.49. The Morgan fingerprint density at radius 1 is 1.18 bits per heavy atom. The first-order valence-electron chi connectivity index (χ1n) is 13.6. The summed E-state index contributed by atoms with van der Waals surface area (Å²) in [7, 11) is -4.06. The van der Waals surface area contributed by atoms with Gasteiger partial charge >= 0.3 is 5.97 Å². The van der Waals surface area contributed by atoms with Crippen LogP contribution in [-0.2, 0) is 37.2 Å². The largest absolute Gasteiger partial charge is 0.480 e. The maximum atomic E-state index is 12.9. The third-order valence-electron chi connectivity index (χ3n) is 7.83. The van der Waals surface area contributed by atoms with Crippen LogP contribution in [0.3, 0.4) is 0 Å². The molecule has 1 unspecified atom stereocenters. The van der Waals surface area contributed by atoms with Crippen LogP contribution in [0.25, 0.3) is 0 Å². The van der Waals surface area contributed by atoms with Gasteiger partial charge in [0.05, 0.1) is 5.75 Å². The Morgan fingerprint density at radius 2 is 1.95 bits per heavy atom. The first-order valence-corrected chi connectivity index (χ1v) is 15.2. The van der Waals surface area contributed by atoms with E-state index in [1.165, 1.54) is 5.56 Å². The highest BCUT2D eigenvalue weighted by Gasteiger charge is 2.53. The summed E-state index contributed by atoms with van der Waals surface area (Å²) in [6, 6.07) is 2.75. The minimum absolute atomic E-state index is 0.0275. The molecule has 2 aliphatic rings. The van der Waals surface area contributed by atoms with Crippen LogP contribution < -0.4 is 15.4 Å². The number of carboxylic acid groups (broad SMARTS) is 1. The minimum atomic E-state index is -4.06. The van der Waals surface area contributed by atoms with Gasteiger partial charge in [0.2, 0.25) is 15.9 Å². The maximum absolute atomic E-state index is 12.9. The second-order valence-electron chi connectivity index (χ2n) is 11.6. The molecule has 10 nitrogen and oxygen atoms in total. The van der Waals surface area contributed by atoms with Gasteiger partial charge in [0.25, 0.3) is 0 Å². The third kappa shape index (κ3) is 7.75. The van der Waals surface area contributed by atoms with Crippen molar-refractivity contribution in [3.05, 3.63) is 23.4 Å². The highest BCUT2D eigenvalue weighted by molar-refractivity contribution is 7.89. The second kappa shape index (κ2) is 12.5. The van der Waals surface area contributed by atoms with Gasteiger partial charge in [-0.3, -0.25) is 14.4 Å². The summed E-state index contributed by atoms with van der Waals surface area (Å²) in [4.78, 5) is 41.3. The normalized spacial score (nSPS) is 20.4. The Balaban J connectivity index is 1.42. The highest BCUT2D eigenvalue weighted by Crippen LogP contribution is 2.49. The van der Waals surface area contributed by atoms with Crippen LogP contribution in [0.5, 0.6) is 0 Å². The number of aliphatic carboxylic acids is 1. The van der Waals surface area contributed by atoms with Crippen LogP contribution in [0.2, 0.25) is 0 Å². The smallest absolute Gasteiger partial charge is 0.321 e. The third-order valence-corrected chi connectivity index (χ3v) is 9.34. The first kappa shape index (κ1) is 30.0. The SMILES string of the molecule is CC(C)(C)[C@]1(CS(=O)(=O)NC(CCNC(=O)CCCCc2ccc3c(n2)NCCC3)C(=O)O)CCCC1=O. The van der Waals surface area contributed by atoms with Crippen LogP contribution in [0.4, 0.5) is 5.82 Å². The molecule has 1 aromatic heterocycles. The van der Waals surface area contributed by atoms with Crippen molar-refractivity contribution in [1.29, 1.82) is 0 Å². The van der Waals surface area contributed by atoms with E-state index in [1.54, 1.807) is 0 Å². The molecule has 1 fully saturated rings. The lowest BCUT2D eigenvalue weighted by molar-refractivity contribution is -0.139. The van der Waals surface area contributed by atoms with Crippen molar-refractivity contribution in [3.63, 3.8) is 0 Å². The van der Waals surface area contributed by atoms with Gasteiger partial charge in [-0.05, 0) is 68.4 Å². The summed E-state index contributed by atoms with van der Waals surface area (Å²) in [5.41, 5.74) is 0.612. The number of fused-ring (bicyclic) bond motifs is 1. The number of rotatable bonds is 13. The first-order chi connectivity index (χ1) is 17.8. The zero-order valence-corrected chi connectivity index (χ0v) is 23.6. The Labute approximate surface area is 225 Å². The number of Topliss-reactive ketones (excluding diaryl/α,β-unsaturated/α-hetero) is 1. The maximum Gasteiger partial charge on any atom is 0.321 e. The molecular formula is C27H42N4O6S. The van der Waals surface area contributed by atoms with Gasteiger partial charge in [0.15, 0.2) is 0 Å². The van der Waals surface area contributed by atoms with Gasteiger partial charge in [0, 0.05) is 37.0 Å². The number of nitrogens with one attached hydrogen (secondary N) is 3. The van der Waals surface area contributed by atoms with E-state index in [4.69, 9.17) is 0 Å². The highest BCUT2D eigenvalue weighted by atomic mass is 32.2. The molecule has 2 heterocycles. The molecule has 1 aliphatic heterocycles. The standard InChI is InChI=1S/C27H42N4O6S/c1-26(2,3)27(15-6-10-22(27)32)18-38(36,37)31-21(25(34)35)14-17-28-23(33)11-5-4-9-20-13-12-19-8-7-16-29-24(19)30-20/h12-13,21,31H,4-11,14-18H2,1-3H3,(H,28,33)(H,29,30)(H,34,35)/t21?,27-/m0/s1. The van der Waals surface area contributed by atoms with Crippen LogP contribution in [0.15, 0.2) is 12.1 Å². The van der Waals surface area contributed by atoms with Crippen molar-refractivity contribution in [3.8, 4) is 0 Å². The number of carboxylic acids is 1. The number of aromatic nitrogens is 1. The van der Waals surface area contributed by atoms with E-state index in [0.717, 1.165) is 43.7 Å². The number of pyridine rings is 1. The molecule has 0 spiro atoms. The average Bonchev–Trinajstić information content (AvgIpc) is 3.21. The van der Waals surface area contributed by atoms with E-state index in [9.17, 15) is 27.9 Å². The number of amides is 1. The van der Waals surface area contributed by atoms with Crippen molar-refractivity contribution in [1.82, 2.24) is 15.0 Å². The summed E-state index contributed by atoms with van der Waals surface area (Å²) in [5.74, 6) is -1.10. The van der Waals surface area contributed by atoms with E-state index in [0.29, 0.717) is 32.1 Å². The van der Waals surface area contributed by atoms with Gasteiger partial charge in [-0.1, -0.05) is 26.8 Å². The van der Waals surface area contributed by atoms with E-state index in [-0.39, 0.29) is 24.7 Å². The molecule has 0 saturated heterocycles. The quantitative estimate of drug-likeness (QED) is 0.273. The summed E-state index contributed by atoms with van der Waals surface area (Å²) < 4.78 is 28.1. The number of nitrogens with zero attached hydrogens (tertiary/aromatic N) is 1. The number of hydrogen-bond acceptors (Lipinski definition) is 7. The van der Waals surface area contributed by atoms with Gasteiger partial charge in [-0.15, -0.1) is 0 Å². The number of sulfonamides is 1. The van der Waals surface area contributed by atoms with Gasteiger partial charge in [-0.2, -0.15) is 0 Å². The van der Waals surface area contributed by atoms with Crippen LogP contribution >= 0.6 is 0 Å². The second-order valence-corrected chi connectivity index (χ2v) is 13.3. The number of unbranched alkanes of at least 4 members (excludes halogenated alkanes) is 1. The van der Waals surface area contributed by atoms with Gasteiger partial charge in [-0.25, -0.2) is 18.1 Å². The Bertz CT molecular complexity index is 1130. The molecule has 1 aromatic rings. The lowest BCUT2D eigenvalue weighted by Crippen LogP contribution is -2.51. The minimum Gasteiger partial charge on any atom is -0.480 e. The molecule has 0 bridgehead atoms. The lowest BCUT2D eigenvalue weighted by Gasteiger charge is -2.40. The number of ketones is 1. The van der Waals surface area contributed by atoms with Gasteiger partial charge < -0.3 is 15.7 Å². The van der Waals surface area contributed by atoms with Crippen LogP contribution in [0, 0.1) is 10.8 Å². The predicted molar refractivity (Wildman–Crippen MR) is 145 cm³/mol. The lowest BCUT2D eigenvalue weighted by atomic mass is 9.66. The Kier molecular flexibility index (Phi) is 9.91. The van der Waals surface area contributed by atoms with E-state index < -0.39 is 38.6 Å². The van der Waals surface area contributed by atoms with E-state index in [1.807, 2.05) is 26.8 Å². The van der Waals surface area contributed by atoms with Crippen molar-refractivity contribution >= 4 is 33.5 Å². The molecular weight excluding hydrogens is 508 g/mol. The number of anilines is 1. The topological polar surface area (TPSA) is 155 Å². The molecule has 38 heavy (non-hydrogen) atoms. The summed E-state index contributed by atoms with van der Waals surface area (Å²) in [6.07, 6.45) is 6.00. The Hall–Kier alpha value is -2.53. The molecule has 0 aromatic carbocycles. The van der Waals surface area contributed by atoms with Crippen molar-refractivity contribution in [2.45, 2.75) is 91.0 Å². The average molecular weight is 551 g/mol. The zero-order valence-electron chi connectivity index (χ0n) is 22.8. The monoisotopic (exact) mass is 550 g/mol. The number of aryl methyl sites for hydroxylation is 2. The van der Waals surface area contributed by atoms with Crippen LogP contribution in [0.1, 0.15) is 83.4 Å². The molecule has 2 atom stereocenters. The summed E-state index contributed by atoms with van der Waals surface area (Å²) >= 11 is 0. The number of carbonyl (C=O) groups is 3. The van der Waals surface area contributed by atoms with E-state index >= 15 is 0 Å². The Morgan fingerprint density at radius 3 is 2.61 bits per heavy atom. The molecule has 212 valence electrons. The fourth-order valence-corrected chi connectivity index (χ4v) is 7.57. The molecule has 11 heteroatoms. The van der Waals surface area contributed by atoms with E-state index in [2.05, 4.69) is 26.4 Å². The van der Waals surface area contributed by atoms with Gasteiger partial charge in [0.1, 0.15) is 17.6 Å².